The first-order valence-corrected chi connectivity index (χ1v) is 7.39. The highest BCUT2D eigenvalue weighted by molar-refractivity contribution is 7.89. The molecule has 0 spiro atoms. The van der Waals surface area contributed by atoms with Crippen LogP contribution in [0.1, 0.15) is 6.42 Å². The van der Waals surface area contributed by atoms with Crippen LogP contribution in [0.5, 0.6) is 0 Å². The molecule has 0 saturated carbocycles. The van der Waals surface area contributed by atoms with Gasteiger partial charge in [-0.25, -0.2) is 21.9 Å². The molecule has 0 saturated heterocycles. The second kappa shape index (κ2) is 6.10. The minimum Gasteiger partial charge on any atom is -0.273 e. The highest BCUT2D eigenvalue weighted by Gasteiger charge is 2.15. The summed E-state index contributed by atoms with van der Waals surface area (Å²) in [6.07, 6.45) is 3.90. The monoisotopic (exact) mass is 301 g/mol. The SMILES string of the molecule is O=S(=O)(NCCCn1cccn1)c1cc(F)cc(F)c1. The summed E-state index contributed by atoms with van der Waals surface area (Å²) < 4.78 is 53.6. The molecular weight excluding hydrogens is 288 g/mol. The number of sulfonamides is 1. The fourth-order valence-electron chi connectivity index (χ4n) is 1.65. The minimum absolute atomic E-state index is 0.153. The van der Waals surface area contributed by atoms with Crippen LogP contribution in [0.3, 0.4) is 0 Å². The second-order valence-electron chi connectivity index (χ2n) is 4.13. The van der Waals surface area contributed by atoms with Crippen LogP contribution in [0, 0.1) is 11.6 Å². The van der Waals surface area contributed by atoms with Gasteiger partial charge in [-0.15, -0.1) is 0 Å². The van der Waals surface area contributed by atoms with Gasteiger partial charge in [-0.3, -0.25) is 4.68 Å². The van der Waals surface area contributed by atoms with E-state index in [2.05, 4.69) is 9.82 Å². The highest BCUT2D eigenvalue weighted by atomic mass is 32.2. The van der Waals surface area contributed by atoms with Crippen molar-refractivity contribution in [3.05, 3.63) is 48.3 Å². The molecule has 108 valence electrons. The van der Waals surface area contributed by atoms with Crippen molar-refractivity contribution in [2.75, 3.05) is 6.54 Å². The largest absolute Gasteiger partial charge is 0.273 e. The lowest BCUT2D eigenvalue weighted by Crippen LogP contribution is -2.25. The Morgan fingerprint density at radius 2 is 1.90 bits per heavy atom. The molecule has 0 aliphatic heterocycles. The lowest BCUT2D eigenvalue weighted by Gasteiger charge is -2.07. The Morgan fingerprint density at radius 1 is 1.20 bits per heavy atom. The van der Waals surface area contributed by atoms with E-state index in [4.69, 9.17) is 0 Å². The maximum Gasteiger partial charge on any atom is 0.240 e. The number of nitrogens with one attached hydrogen (secondary N) is 1. The Hall–Kier alpha value is -1.80. The molecule has 2 rings (SSSR count). The van der Waals surface area contributed by atoms with Crippen LogP contribution in [-0.4, -0.2) is 24.7 Å². The van der Waals surface area contributed by atoms with Crippen LogP contribution in [0.4, 0.5) is 8.78 Å². The van der Waals surface area contributed by atoms with E-state index in [-0.39, 0.29) is 6.54 Å². The van der Waals surface area contributed by atoms with E-state index in [1.54, 1.807) is 23.1 Å². The molecule has 0 amide bonds. The second-order valence-corrected chi connectivity index (χ2v) is 5.89. The molecule has 0 unspecified atom stereocenters. The van der Waals surface area contributed by atoms with Crippen molar-refractivity contribution in [1.29, 1.82) is 0 Å². The summed E-state index contributed by atoms with van der Waals surface area (Å²) in [6, 6.07) is 3.94. The number of rotatable bonds is 6. The average molecular weight is 301 g/mol. The van der Waals surface area contributed by atoms with Gasteiger partial charge in [0.05, 0.1) is 4.90 Å². The molecule has 8 heteroatoms. The standard InChI is InChI=1S/C12H13F2N3O2S/c13-10-7-11(14)9-12(8-10)20(18,19)16-4-2-6-17-5-1-3-15-17/h1,3,5,7-9,16H,2,4,6H2. The number of aryl methyl sites for hydroxylation is 1. The minimum atomic E-state index is -3.91. The zero-order valence-electron chi connectivity index (χ0n) is 10.5. The van der Waals surface area contributed by atoms with Gasteiger partial charge in [-0.05, 0) is 24.6 Å². The Labute approximate surface area is 115 Å². The Balaban J connectivity index is 1.93. The topological polar surface area (TPSA) is 64.0 Å². The molecule has 1 N–H and O–H groups in total. The average Bonchev–Trinajstić information content (AvgIpc) is 2.86. The fraction of sp³-hybridized carbons (Fsp3) is 0.250. The van der Waals surface area contributed by atoms with Crippen molar-refractivity contribution in [2.24, 2.45) is 0 Å². The predicted molar refractivity (Wildman–Crippen MR) is 68.4 cm³/mol. The molecule has 0 atom stereocenters. The summed E-state index contributed by atoms with van der Waals surface area (Å²) >= 11 is 0. The lowest BCUT2D eigenvalue weighted by molar-refractivity contribution is 0.547. The summed E-state index contributed by atoms with van der Waals surface area (Å²) in [5.41, 5.74) is 0. The van der Waals surface area contributed by atoms with Crippen LogP contribution in [-0.2, 0) is 16.6 Å². The molecule has 1 aromatic carbocycles. The van der Waals surface area contributed by atoms with Crippen LogP contribution < -0.4 is 4.72 Å². The van der Waals surface area contributed by atoms with E-state index < -0.39 is 26.6 Å². The van der Waals surface area contributed by atoms with Gasteiger partial charge in [0.2, 0.25) is 10.0 Å². The molecule has 0 aliphatic carbocycles. The van der Waals surface area contributed by atoms with E-state index in [0.717, 1.165) is 12.1 Å². The predicted octanol–water partition coefficient (Wildman–Crippen LogP) is 1.53. The quantitative estimate of drug-likeness (QED) is 0.823. The van der Waals surface area contributed by atoms with E-state index in [9.17, 15) is 17.2 Å². The molecule has 5 nitrogen and oxygen atoms in total. The molecular formula is C12H13F2N3O2S. The van der Waals surface area contributed by atoms with Crippen molar-refractivity contribution >= 4 is 10.0 Å². The van der Waals surface area contributed by atoms with Gasteiger partial charge >= 0.3 is 0 Å². The molecule has 0 fully saturated rings. The summed E-state index contributed by atoms with van der Waals surface area (Å²) in [4.78, 5) is -0.422. The number of benzene rings is 1. The van der Waals surface area contributed by atoms with Crippen LogP contribution >= 0.6 is 0 Å². The lowest BCUT2D eigenvalue weighted by atomic mass is 10.3. The summed E-state index contributed by atoms with van der Waals surface area (Å²) in [7, 11) is -3.91. The molecule has 0 radical (unpaired) electrons. The van der Waals surface area contributed by atoms with Gasteiger partial charge in [0.25, 0.3) is 0 Å². The van der Waals surface area contributed by atoms with E-state index >= 15 is 0 Å². The number of hydrogen-bond donors (Lipinski definition) is 1. The van der Waals surface area contributed by atoms with Gasteiger partial charge in [0.1, 0.15) is 11.6 Å². The Bertz CT molecular complexity index is 652. The third kappa shape index (κ3) is 3.84. The normalized spacial score (nSPS) is 11.7. The molecule has 2 aromatic rings. The van der Waals surface area contributed by atoms with Gasteiger partial charge in [-0.1, -0.05) is 0 Å². The molecule has 0 bridgehead atoms. The molecule has 1 heterocycles. The summed E-state index contributed by atoms with van der Waals surface area (Å²) in [5, 5.41) is 3.97. The van der Waals surface area contributed by atoms with E-state index in [1.807, 2.05) is 0 Å². The van der Waals surface area contributed by atoms with Crippen molar-refractivity contribution in [3.8, 4) is 0 Å². The van der Waals surface area contributed by atoms with Crippen molar-refractivity contribution in [2.45, 2.75) is 17.9 Å². The Kier molecular flexibility index (Phi) is 4.46. The summed E-state index contributed by atoms with van der Waals surface area (Å²) in [5.74, 6) is -1.86. The number of nitrogens with zero attached hydrogens (tertiary/aromatic N) is 2. The van der Waals surface area contributed by atoms with Gasteiger partial charge < -0.3 is 0 Å². The van der Waals surface area contributed by atoms with Gasteiger partial charge in [0.15, 0.2) is 0 Å². The van der Waals surface area contributed by atoms with Crippen LogP contribution in [0.15, 0.2) is 41.6 Å². The number of halogens is 2. The third-order valence-electron chi connectivity index (χ3n) is 2.56. The maximum atomic E-state index is 13.0. The number of aromatic nitrogens is 2. The first kappa shape index (κ1) is 14.6. The van der Waals surface area contributed by atoms with E-state index in [1.165, 1.54) is 0 Å². The zero-order chi connectivity index (χ0) is 14.6. The van der Waals surface area contributed by atoms with Crippen molar-refractivity contribution in [3.63, 3.8) is 0 Å². The zero-order valence-corrected chi connectivity index (χ0v) is 11.3. The van der Waals surface area contributed by atoms with Gasteiger partial charge in [-0.2, -0.15) is 5.10 Å². The highest BCUT2D eigenvalue weighted by Crippen LogP contribution is 2.13. The number of hydrogen-bond acceptors (Lipinski definition) is 3. The Morgan fingerprint density at radius 3 is 2.50 bits per heavy atom. The third-order valence-corrected chi connectivity index (χ3v) is 4.00. The summed E-state index contributed by atoms with van der Waals surface area (Å²) in [6.45, 7) is 0.702. The molecule has 20 heavy (non-hydrogen) atoms. The van der Waals surface area contributed by atoms with Crippen LogP contribution in [0.2, 0.25) is 0 Å². The first-order valence-electron chi connectivity index (χ1n) is 5.90. The van der Waals surface area contributed by atoms with Gasteiger partial charge in [0, 0.05) is 31.5 Å². The maximum absolute atomic E-state index is 13.0. The molecule has 0 aliphatic rings. The van der Waals surface area contributed by atoms with Crippen molar-refractivity contribution < 1.29 is 17.2 Å². The first-order chi connectivity index (χ1) is 9.47. The smallest absolute Gasteiger partial charge is 0.240 e. The van der Waals surface area contributed by atoms with Crippen LogP contribution in [0.25, 0.3) is 0 Å². The fourth-order valence-corrected chi connectivity index (χ4v) is 2.76. The molecule has 1 aromatic heterocycles. The van der Waals surface area contributed by atoms with Crippen molar-refractivity contribution in [1.82, 2.24) is 14.5 Å². The van der Waals surface area contributed by atoms with E-state index in [0.29, 0.717) is 19.0 Å².